The number of nitrogens with one attached hydrogen (secondary N) is 1. The van der Waals surface area contributed by atoms with Crippen molar-refractivity contribution in [2.45, 2.75) is 32.1 Å². The van der Waals surface area contributed by atoms with Crippen LogP contribution in [0.5, 0.6) is 0 Å². The number of aryl methyl sites for hydroxylation is 1. The van der Waals surface area contributed by atoms with Gasteiger partial charge in [-0.05, 0) is 64.6 Å². The van der Waals surface area contributed by atoms with E-state index in [1.807, 2.05) is 49.4 Å². The highest BCUT2D eigenvalue weighted by Crippen LogP contribution is 2.43. The predicted octanol–water partition coefficient (Wildman–Crippen LogP) is 5.56. The van der Waals surface area contributed by atoms with Crippen LogP contribution in [0.1, 0.15) is 51.5 Å². The van der Waals surface area contributed by atoms with Crippen molar-refractivity contribution < 1.29 is 9.90 Å². The Morgan fingerprint density at radius 3 is 2.49 bits per heavy atom. The molecule has 2 N–H and O–H groups in total. The number of carboxylic acids is 1. The Labute approximate surface area is 201 Å². The van der Waals surface area contributed by atoms with Crippen LogP contribution in [0.2, 0.25) is 0 Å². The Morgan fingerprint density at radius 2 is 1.80 bits per heavy atom. The zero-order chi connectivity index (χ0) is 23.9. The van der Waals surface area contributed by atoms with E-state index in [1.54, 1.807) is 0 Å². The van der Waals surface area contributed by atoms with Crippen LogP contribution >= 0.6 is 0 Å². The van der Waals surface area contributed by atoms with Gasteiger partial charge in [-0.2, -0.15) is 0 Å². The van der Waals surface area contributed by atoms with Gasteiger partial charge in [-0.25, -0.2) is 9.89 Å². The molecule has 172 valence electrons. The van der Waals surface area contributed by atoms with Crippen molar-refractivity contribution in [3.05, 3.63) is 94.7 Å². The summed E-state index contributed by atoms with van der Waals surface area (Å²) in [5.74, 6) is 0.0592. The Morgan fingerprint density at radius 1 is 1.03 bits per heavy atom. The first-order valence-corrected chi connectivity index (χ1v) is 11.7. The van der Waals surface area contributed by atoms with E-state index in [0.29, 0.717) is 29.1 Å². The zero-order valence-corrected chi connectivity index (χ0v) is 19.2. The summed E-state index contributed by atoms with van der Waals surface area (Å²) >= 11 is 0. The second kappa shape index (κ2) is 8.43. The van der Waals surface area contributed by atoms with Crippen LogP contribution in [0.3, 0.4) is 0 Å². The molecule has 0 bridgehead atoms. The fourth-order valence-corrected chi connectivity index (χ4v) is 4.77. The lowest BCUT2D eigenvalue weighted by Gasteiger charge is -2.16. The summed E-state index contributed by atoms with van der Waals surface area (Å²) in [4.78, 5) is 17.4. The van der Waals surface area contributed by atoms with Gasteiger partial charge in [-0.1, -0.05) is 60.2 Å². The highest BCUT2D eigenvalue weighted by molar-refractivity contribution is 6.04. The molecule has 2 heterocycles. The Balaban J connectivity index is 1.41. The Bertz CT molecular complexity index is 1560. The lowest BCUT2D eigenvalue weighted by molar-refractivity contribution is 0.0698. The molecule has 6 rings (SSSR count). The molecule has 0 radical (unpaired) electrons. The van der Waals surface area contributed by atoms with E-state index < -0.39 is 5.97 Å². The molecule has 1 saturated carbocycles. The monoisotopic (exact) mass is 461 g/mol. The van der Waals surface area contributed by atoms with Gasteiger partial charge in [0.1, 0.15) is 0 Å². The minimum Gasteiger partial charge on any atom is -0.478 e. The molecule has 0 amide bonds. The van der Waals surface area contributed by atoms with Crippen molar-refractivity contribution in [1.29, 1.82) is 0 Å². The number of aromatic nitrogens is 5. The minimum atomic E-state index is -0.897. The van der Waals surface area contributed by atoms with Crippen LogP contribution in [0.25, 0.3) is 33.4 Å². The number of tetrazole rings is 1. The van der Waals surface area contributed by atoms with E-state index in [9.17, 15) is 9.90 Å². The summed E-state index contributed by atoms with van der Waals surface area (Å²) in [7, 11) is 0. The van der Waals surface area contributed by atoms with Crippen molar-refractivity contribution >= 4 is 16.9 Å². The summed E-state index contributed by atoms with van der Waals surface area (Å²) in [6.45, 7) is 1.98. The number of pyridine rings is 1. The van der Waals surface area contributed by atoms with Gasteiger partial charge in [0.2, 0.25) is 0 Å². The van der Waals surface area contributed by atoms with Gasteiger partial charge in [0.05, 0.1) is 11.1 Å². The smallest absolute Gasteiger partial charge is 0.336 e. The Hall–Kier alpha value is -4.39. The Kier molecular flexibility index (Phi) is 5.10. The van der Waals surface area contributed by atoms with Crippen LogP contribution in [0, 0.1) is 6.92 Å². The third kappa shape index (κ3) is 3.95. The second-order valence-corrected chi connectivity index (χ2v) is 9.12. The highest BCUT2D eigenvalue weighted by Gasteiger charge is 2.31. The quantitative estimate of drug-likeness (QED) is 0.343. The van der Waals surface area contributed by atoms with Crippen molar-refractivity contribution in [3.8, 4) is 22.5 Å². The molecule has 0 unspecified atom stereocenters. The lowest BCUT2D eigenvalue weighted by Crippen LogP contribution is -2.10. The summed E-state index contributed by atoms with van der Waals surface area (Å²) in [5, 5.41) is 25.2. The molecule has 7 nitrogen and oxygen atoms in total. The predicted molar refractivity (Wildman–Crippen MR) is 133 cm³/mol. The first-order valence-electron chi connectivity index (χ1n) is 11.7. The van der Waals surface area contributed by atoms with Crippen molar-refractivity contribution in [3.63, 3.8) is 0 Å². The highest BCUT2D eigenvalue weighted by atomic mass is 16.4. The summed E-state index contributed by atoms with van der Waals surface area (Å²) in [6, 6.07) is 22.1. The van der Waals surface area contributed by atoms with Crippen LogP contribution in [-0.2, 0) is 6.42 Å². The standard InChI is InChI=1S/C28H23N5O2/c1-16-6-13-24-22(14-16)25(28(34)35)23(26(29-24)19-11-12-19)15-17-7-9-18(10-8-17)20-4-2-3-5-21(20)27-30-32-33-31-27/h2-10,13-14,19H,11-12,15H2,1H3,(H,34,35)(H,30,31,32,33). The number of benzene rings is 3. The average molecular weight is 462 g/mol. The van der Waals surface area contributed by atoms with Crippen LogP contribution in [0.4, 0.5) is 0 Å². The maximum atomic E-state index is 12.5. The molecule has 0 atom stereocenters. The fraction of sp³-hybridized carbons (Fsp3) is 0.179. The van der Waals surface area contributed by atoms with E-state index in [2.05, 4.69) is 44.9 Å². The van der Waals surface area contributed by atoms with E-state index >= 15 is 0 Å². The molecule has 1 fully saturated rings. The molecule has 35 heavy (non-hydrogen) atoms. The number of rotatable bonds is 6. The molecule has 1 aliphatic carbocycles. The van der Waals surface area contributed by atoms with E-state index in [0.717, 1.165) is 57.4 Å². The van der Waals surface area contributed by atoms with Crippen molar-refractivity contribution in [2.75, 3.05) is 0 Å². The number of carbonyl (C=O) groups is 1. The van der Waals surface area contributed by atoms with E-state index in [-0.39, 0.29) is 0 Å². The SMILES string of the molecule is Cc1ccc2nc(C3CC3)c(Cc3ccc(-c4ccccc4-c4nnn[nH]4)cc3)c(C(=O)O)c2c1. The summed E-state index contributed by atoms with van der Waals surface area (Å²) in [6.07, 6.45) is 2.64. The molecule has 1 aliphatic rings. The normalized spacial score (nSPS) is 13.3. The number of aromatic carboxylic acids is 1. The molecule has 0 aliphatic heterocycles. The minimum absolute atomic E-state index is 0.343. The number of aromatic amines is 1. The fourth-order valence-electron chi connectivity index (χ4n) is 4.77. The molecule has 0 spiro atoms. The maximum absolute atomic E-state index is 12.5. The van der Waals surface area contributed by atoms with Gasteiger partial charge in [0.15, 0.2) is 5.82 Å². The number of hydrogen-bond donors (Lipinski definition) is 2. The third-order valence-electron chi connectivity index (χ3n) is 6.62. The van der Waals surface area contributed by atoms with Crippen LogP contribution in [-0.4, -0.2) is 36.7 Å². The zero-order valence-electron chi connectivity index (χ0n) is 19.2. The number of H-pyrrole nitrogens is 1. The summed E-state index contributed by atoms with van der Waals surface area (Å²) in [5.41, 5.74) is 7.95. The van der Waals surface area contributed by atoms with E-state index in [1.165, 1.54) is 0 Å². The molecule has 5 aromatic rings. The molecule has 3 aromatic carbocycles. The number of carboxylic acid groups (broad SMARTS) is 1. The van der Waals surface area contributed by atoms with Crippen molar-refractivity contribution in [2.24, 2.45) is 0 Å². The van der Waals surface area contributed by atoms with Gasteiger partial charge in [-0.3, -0.25) is 4.98 Å². The molecule has 7 heteroatoms. The third-order valence-corrected chi connectivity index (χ3v) is 6.62. The maximum Gasteiger partial charge on any atom is 0.336 e. The number of hydrogen-bond acceptors (Lipinski definition) is 5. The van der Waals surface area contributed by atoms with E-state index in [4.69, 9.17) is 4.98 Å². The van der Waals surface area contributed by atoms with Gasteiger partial charge in [0, 0.05) is 29.0 Å². The largest absolute Gasteiger partial charge is 0.478 e. The van der Waals surface area contributed by atoms with Crippen LogP contribution < -0.4 is 0 Å². The molecular formula is C28H23N5O2. The topological polar surface area (TPSA) is 105 Å². The average Bonchev–Trinajstić information content (AvgIpc) is 3.57. The molecule has 0 saturated heterocycles. The summed E-state index contributed by atoms with van der Waals surface area (Å²) < 4.78 is 0. The van der Waals surface area contributed by atoms with Crippen molar-refractivity contribution in [1.82, 2.24) is 25.6 Å². The number of nitrogens with zero attached hydrogens (tertiary/aromatic N) is 4. The number of fused-ring (bicyclic) bond motifs is 1. The van der Waals surface area contributed by atoms with Gasteiger partial charge in [0.25, 0.3) is 0 Å². The second-order valence-electron chi connectivity index (χ2n) is 9.12. The first kappa shape index (κ1) is 21.2. The van der Waals surface area contributed by atoms with Crippen LogP contribution in [0.15, 0.2) is 66.7 Å². The molecule has 2 aromatic heterocycles. The van der Waals surface area contributed by atoms with Gasteiger partial charge in [-0.15, -0.1) is 5.10 Å². The first-order chi connectivity index (χ1) is 17.1. The lowest BCUT2D eigenvalue weighted by atomic mass is 9.91. The van der Waals surface area contributed by atoms with Gasteiger partial charge >= 0.3 is 5.97 Å². The van der Waals surface area contributed by atoms with Gasteiger partial charge < -0.3 is 5.11 Å². The molecular weight excluding hydrogens is 438 g/mol.